The van der Waals surface area contributed by atoms with Gasteiger partial charge < -0.3 is 4.74 Å². The Morgan fingerprint density at radius 2 is 2.00 bits per heavy atom. The second kappa shape index (κ2) is 4.27. The first kappa shape index (κ1) is 10.8. The Kier molecular flexibility index (Phi) is 3.28. The van der Waals surface area contributed by atoms with Crippen LogP contribution < -0.4 is 4.74 Å². The molecule has 1 aromatic carbocycles. The molecule has 0 saturated carbocycles. The number of aryl methyl sites for hydroxylation is 2. The van der Waals surface area contributed by atoms with Crippen molar-refractivity contribution >= 4 is 5.78 Å². The van der Waals surface area contributed by atoms with Gasteiger partial charge in [0.1, 0.15) is 5.75 Å². The van der Waals surface area contributed by atoms with E-state index in [0.29, 0.717) is 0 Å². The molecule has 76 valence electrons. The van der Waals surface area contributed by atoms with Crippen LogP contribution in [0.1, 0.15) is 25.0 Å². The van der Waals surface area contributed by atoms with Crippen LogP contribution in [0.2, 0.25) is 0 Å². The van der Waals surface area contributed by atoms with Gasteiger partial charge in [0.15, 0.2) is 11.9 Å². The highest BCUT2D eigenvalue weighted by Crippen LogP contribution is 2.20. The smallest absolute Gasteiger partial charge is 0.169 e. The maximum atomic E-state index is 11.0. The first-order valence-electron chi connectivity index (χ1n) is 4.75. The minimum atomic E-state index is -0.364. The van der Waals surface area contributed by atoms with Crippen molar-refractivity contribution in [3.63, 3.8) is 0 Å². The average molecular weight is 192 g/mol. The van der Waals surface area contributed by atoms with Crippen molar-refractivity contribution in [2.75, 3.05) is 0 Å². The van der Waals surface area contributed by atoms with E-state index < -0.39 is 0 Å². The zero-order valence-corrected chi connectivity index (χ0v) is 9.13. The highest BCUT2D eigenvalue weighted by molar-refractivity contribution is 5.80. The topological polar surface area (TPSA) is 26.3 Å². The van der Waals surface area contributed by atoms with Crippen LogP contribution in [0.5, 0.6) is 5.75 Å². The lowest BCUT2D eigenvalue weighted by Gasteiger charge is -2.13. The zero-order chi connectivity index (χ0) is 10.7. The monoisotopic (exact) mass is 192 g/mol. The number of benzene rings is 1. The van der Waals surface area contributed by atoms with E-state index in [2.05, 4.69) is 0 Å². The van der Waals surface area contributed by atoms with Crippen LogP contribution in [0, 0.1) is 13.8 Å². The third-order valence-electron chi connectivity index (χ3n) is 2.21. The van der Waals surface area contributed by atoms with Crippen molar-refractivity contribution in [1.82, 2.24) is 0 Å². The molecule has 0 radical (unpaired) electrons. The van der Waals surface area contributed by atoms with Gasteiger partial charge >= 0.3 is 0 Å². The largest absolute Gasteiger partial charge is 0.483 e. The van der Waals surface area contributed by atoms with Crippen molar-refractivity contribution < 1.29 is 9.53 Å². The molecule has 1 unspecified atom stereocenters. The van der Waals surface area contributed by atoms with Crippen LogP contribution in [-0.2, 0) is 4.79 Å². The van der Waals surface area contributed by atoms with Gasteiger partial charge in [-0.05, 0) is 39.3 Å². The molecule has 0 saturated heterocycles. The van der Waals surface area contributed by atoms with Crippen LogP contribution in [0.4, 0.5) is 0 Å². The fraction of sp³-hybridized carbons (Fsp3) is 0.417. The lowest BCUT2D eigenvalue weighted by atomic mass is 10.1. The molecule has 0 spiro atoms. The standard InChI is InChI=1S/C12H16O2/c1-8-5-6-12(9(2)7-8)14-11(4)10(3)13/h5-7,11H,1-4H3. The molecule has 1 rings (SSSR count). The van der Waals surface area contributed by atoms with E-state index in [9.17, 15) is 4.79 Å². The van der Waals surface area contributed by atoms with E-state index >= 15 is 0 Å². The molecular weight excluding hydrogens is 176 g/mol. The van der Waals surface area contributed by atoms with Crippen LogP contribution in [0.15, 0.2) is 18.2 Å². The molecular formula is C12H16O2. The van der Waals surface area contributed by atoms with Gasteiger partial charge in [0.05, 0.1) is 0 Å². The van der Waals surface area contributed by atoms with Gasteiger partial charge in [-0.2, -0.15) is 0 Å². The normalized spacial score (nSPS) is 12.3. The first-order chi connectivity index (χ1) is 6.50. The Balaban J connectivity index is 2.82. The number of ketones is 1. The number of hydrogen-bond donors (Lipinski definition) is 0. The van der Waals surface area contributed by atoms with E-state index in [1.165, 1.54) is 12.5 Å². The van der Waals surface area contributed by atoms with Gasteiger partial charge in [-0.15, -0.1) is 0 Å². The Bertz CT molecular complexity index is 342. The number of carbonyl (C=O) groups is 1. The Morgan fingerprint density at radius 1 is 1.36 bits per heavy atom. The third kappa shape index (κ3) is 2.59. The van der Waals surface area contributed by atoms with Gasteiger partial charge in [0.25, 0.3) is 0 Å². The Labute approximate surface area is 84.9 Å². The fourth-order valence-corrected chi connectivity index (χ4v) is 1.20. The summed E-state index contributed by atoms with van der Waals surface area (Å²) in [7, 11) is 0. The fourth-order valence-electron chi connectivity index (χ4n) is 1.20. The molecule has 0 N–H and O–H groups in total. The molecule has 0 aliphatic rings. The number of carbonyl (C=O) groups excluding carboxylic acids is 1. The molecule has 0 amide bonds. The van der Waals surface area contributed by atoms with E-state index in [1.807, 2.05) is 32.0 Å². The predicted octanol–water partition coefficient (Wildman–Crippen LogP) is 2.66. The Hall–Kier alpha value is -1.31. The van der Waals surface area contributed by atoms with Crippen molar-refractivity contribution in [2.45, 2.75) is 33.8 Å². The molecule has 2 nitrogen and oxygen atoms in total. The second-order valence-electron chi connectivity index (χ2n) is 3.64. The quantitative estimate of drug-likeness (QED) is 0.736. The zero-order valence-electron chi connectivity index (χ0n) is 9.13. The van der Waals surface area contributed by atoms with Crippen LogP contribution >= 0.6 is 0 Å². The van der Waals surface area contributed by atoms with Crippen LogP contribution in [0.3, 0.4) is 0 Å². The minimum absolute atomic E-state index is 0.0463. The summed E-state index contributed by atoms with van der Waals surface area (Å²) >= 11 is 0. The summed E-state index contributed by atoms with van der Waals surface area (Å²) in [4.78, 5) is 11.0. The van der Waals surface area contributed by atoms with E-state index in [-0.39, 0.29) is 11.9 Å². The molecule has 0 aromatic heterocycles. The summed E-state index contributed by atoms with van der Waals surface area (Å²) in [5.41, 5.74) is 2.27. The van der Waals surface area contributed by atoms with Crippen molar-refractivity contribution in [2.24, 2.45) is 0 Å². The number of ether oxygens (including phenoxy) is 1. The molecule has 0 bridgehead atoms. The molecule has 14 heavy (non-hydrogen) atoms. The third-order valence-corrected chi connectivity index (χ3v) is 2.21. The van der Waals surface area contributed by atoms with Crippen LogP contribution in [-0.4, -0.2) is 11.9 Å². The number of Topliss-reactive ketones (excluding diaryl/α,β-unsaturated/α-hetero) is 1. The summed E-state index contributed by atoms with van der Waals surface area (Å²) in [6.07, 6.45) is -0.364. The summed E-state index contributed by atoms with van der Waals surface area (Å²) < 4.78 is 5.51. The lowest BCUT2D eigenvalue weighted by Crippen LogP contribution is -2.21. The molecule has 1 aromatic rings. The molecule has 0 aliphatic carbocycles. The first-order valence-corrected chi connectivity index (χ1v) is 4.75. The van der Waals surface area contributed by atoms with Gasteiger partial charge in [-0.1, -0.05) is 17.7 Å². The number of hydrogen-bond acceptors (Lipinski definition) is 2. The van der Waals surface area contributed by atoms with Crippen molar-refractivity contribution in [3.05, 3.63) is 29.3 Å². The van der Waals surface area contributed by atoms with Gasteiger partial charge in [0.2, 0.25) is 0 Å². The molecule has 0 aliphatic heterocycles. The summed E-state index contributed by atoms with van der Waals surface area (Å²) in [6.45, 7) is 7.32. The molecule has 0 heterocycles. The summed E-state index contributed by atoms with van der Waals surface area (Å²) in [6, 6.07) is 5.93. The maximum absolute atomic E-state index is 11.0. The predicted molar refractivity (Wildman–Crippen MR) is 56.7 cm³/mol. The summed E-state index contributed by atoms with van der Waals surface area (Å²) in [5.74, 6) is 0.836. The lowest BCUT2D eigenvalue weighted by molar-refractivity contribution is -0.122. The SMILES string of the molecule is CC(=O)C(C)Oc1ccc(C)cc1C. The average Bonchev–Trinajstić information content (AvgIpc) is 2.09. The van der Waals surface area contributed by atoms with Gasteiger partial charge in [-0.3, -0.25) is 4.79 Å². The van der Waals surface area contributed by atoms with Crippen molar-refractivity contribution in [1.29, 1.82) is 0 Å². The maximum Gasteiger partial charge on any atom is 0.169 e. The van der Waals surface area contributed by atoms with Gasteiger partial charge in [-0.25, -0.2) is 0 Å². The molecule has 0 fully saturated rings. The van der Waals surface area contributed by atoms with Gasteiger partial charge in [0, 0.05) is 0 Å². The van der Waals surface area contributed by atoms with Crippen molar-refractivity contribution in [3.8, 4) is 5.75 Å². The Morgan fingerprint density at radius 3 is 2.50 bits per heavy atom. The molecule has 1 atom stereocenters. The van der Waals surface area contributed by atoms with E-state index in [4.69, 9.17) is 4.74 Å². The minimum Gasteiger partial charge on any atom is -0.483 e. The highest BCUT2D eigenvalue weighted by Gasteiger charge is 2.10. The summed E-state index contributed by atoms with van der Waals surface area (Å²) in [5, 5.41) is 0. The van der Waals surface area contributed by atoms with Crippen LogP contribution in [0.25, 0.3) is 0 Å². The second-order valence-corrected chi connectivity index (χ2v) is 3.64. The van der Waals surface area contributed by atoms with E-state index in [0.717, 1.165) is 11.3 Å². The number of rotatable bonds is 3. The van der Waals surface area contributed by atoms with E-state index in [1.54, 1.807) is 6.92 Å². The highest BCUT2D eigenvalue weighted by atomic mass is 16.5. The molecule has 2 heteroatoms.